The molecule has 1 heterocycles. The normalized spacial score (nSPS) is 16.6. The van der Waals surface area contributed by atoms with Gasteiger partial charge in [-0.3, -0.25) is 14.3 Å². The van der Waals surface area contributed by atoms with E-state index in [1.165, 1.54) is 12.8 Å². The molecule has 1 fully saturated rings. The van der Waals surface area contributed by atoms with Crippen LogP contribution in [-0.2, 0) is 11.3 Å². The first-order valence-electron chi connectivity index (χ1n) is 11.5. The Balaban J connectivity index is 1.72. The summed E-state index contributed by atoms with van der Waals surface area (Å²) in [6.45, 7) is 3.63. The van der Waals surface area contributed by atoms with E-state index in [1.807, 2.05) is 13.0 Å². The van der Waals surface area contributed by atoms with Gasteiger partial charge >= 0.3 is 0 Å². The second kappa shape index (κ2) is 11.6. The lowest BCUT2D eigenvalue weighted by Crippen LogP contribution is -2.40. The molecule has 1 aromatic carbocycles. The molecule has 0 radical (unpaired) electrons. The van der Waals surface area contributed by atoms with Crippen LogP contribution in [-0.4, -0.2) is 50.7 Å². The average Bonchev–Trinajstić information content (AvgIpc) is 2.96. The minimum atomic E-state index is -0.906. The van der Waals surface area contributed by atoms with Gasteiger partial charge in [-0.05, 0) is 44.9 Å². The van der Waals surface area contributed by atoms with E-state index in [4.69, 9.17) is 11.6 Å². The second-order valence-corrected chi connectivity index (χ2v) is 9.25. The van der Waals surface area contributed by atoms with Gasteiger partial charge in [0.2, 0.25) is 5.91 Å². The Labute approximate surface area is 199 Å². The molecule has 2 unspecified atom stereocenters. The number of halogens is 1. The van der Waals surface area contributed by atoms with Crippen molar-refractivity contribution in [1.82, 2.24) is 20.4 Å². The SMILES string of the molecule is Cc1cc(-c2ccc(Cl)c(C(=O)NC(O)C3CCCCCC3)c2)nn1CC(=O)NCC(C)O. The largest absolute Gasteiger partial charge is 0.392 e. The maximum Gasteiger partial charge on any atom is 0.254 e. The topological polar surface area (TPSA) is 116 Å². The number of aryl methyl sites for hydroxylation is 1. The van der Waals surface area contributed by atoms with Crippen LogP contribution >= 0.6 is 11.6 Å². The van der Waals surface area contributed by atoms with Crippen molar-refractivity contribution in [2.45, 2.75) is 71.2 Å². The molecule has 9 heteroatoms. The van der Waals surface area contributed by atoms with Crippen molar-refractivity contribution in [1.29, 1.82) is 0 Å². The van der Waals surface area contributed by atoms with Crippen molar-refractivity contribution < 1.29 is 19.8 Å². The van der Waals surface area contributed by atoms with E-state index in [9.17, 15) is 19.8 Å². The standard InChI is InChI=1S/C24H33ClN4O4/c1-15-11-21(28-29(15)14-22(31)26-13-16(2)30)18-9-10-20(25)19(12-18)24(33)27-23(32)17-7-5-3-4-6-8-17/h9-12,16-17,23,30,32H,3-8,13-14H2,1-2H3,(H,26,31)(H,27,33). The lowest BCUT2D eigenvalue weighted by molar-refractivity contribution is -0.122. The van der Waals surface area contributed by atoms with Crippen LogP contribution < -0.4 is 10.6 Å². The van der Waals surface area contributed by atoms with Crippen LogP contribution in [0, 0.1) is 12.8 Å². The number of nitrogens with zero attached hydrogens (tertiary/aromatic N) is 2. The molecule has 3 rings (SSSR count). The van der Waals surface area contributed by atoms with Crippen LogP contribution in [0.15, 0.2) is 24.3 Å². The molecule has 8 nitrogen and oxygen atoms in total. The molecule has 33 heavy (non-hydrogen) atoms. The zero-order valence-corrected chi connectivity index (χ0v) is 19.9. The smallest absolute Gasteiger partial charge is 0.254 e. The van der Waals surface area contributed by atoms with Crippen LogP contribution in [0.2, 0.25) is 5.02 Å². The second-order valence-electron chi connectivity index (χ2n) is 8.85. The van der Waals surface area contributed by atoms with Gasteiger partial charge < -0.3 is 20.8 Å². The van der Waals surface area contributed by atoms with E-state index >= 15 is 0 Å². The summed E-state index contributed by atoms with van der Waals surface area (Å²) >= 11 is 6.30. The quantitative estimate of drug-likeness (QED) is 0.345. The van der Waals surface area contributed by atoms with Crippen LogP contribution in [0.3, 0.4) is 0 Å². The summed E-state index contributed by atoms with van der Waals surface area (Å²) in [5.41, 5.74) is 2.33. The van der Waals surface area contributed by atoms with E-state index in [1.54, 1.807) is 29.8 Å². The maximum atomic E-state index is 12.9. The predicted molar refractivity (Wildman–Crippen MR) is 127 cm³/mol. The van der Waals surface area contributed by atoms with E-state index in [2.05, 4.69) is 15.7 Å². The van der Waals surface area contributed by atoms with Crippen molar-refractivity contribution in [3.8, 4) is 11.3 Å². The Morgan fingerprint density at radius 1 is 1.18 bits per heavy atom. The molecule has 0 bridgehead atoms. The van der Waals surface area contributed by atoms with Gasteiger partial charge in [0, 0.05) is 23.7 Å². The van der Waals surface area contributed by atoms with Crippen molar-refractivity contribution in [3.05, 3.63) is 40.5 Å². The van der Waals surface area contributed by atoms with Gasteiger partial charge in [0.15, 0.2) is 0 Å². The Bertz CT molecular complexity index is 967. The summed E-state index contributed by atoms with van der Waals surface area (Å²) in [4.78, 5) is 25.0. The highest BCUT2D eigenvalue weighted by molar-refractivity contribution is 6.34. The summed E-state index contributed by atoms with van der Waals surface area (Å²) in [6, 6.07) is 6.87. The summed E-state index contributed by atoms with van der Waals surface area (Å²) < 4.78 is 1.57. The number of aromatic nitrogens is 2. The van der Waals surface area contributed by atoms with E-state index in [0.717, 1.165) is 31.4 Å². The zero-order valence-electron chi connectivity index (χ0n) is 19.2. The van der Waals surface area contributed by atoms with Gasteiger partial charge in [0.1, 0.15) is 12.8 Å². The van der Waals surface area contributed by atoms with Gasteiger partial charge in [0.05, 0.1) is 22.4 Å². The third-order valence-electron chi connectivity index (χ3n) is 6.00. The van der Waals surface area contributed by atoms with E-state index in [-0.39, 0.29) is 35.5 Å². The Morgan fingerprint density at radius 2 is 1.88 bits per heavy atom. The first-order valence-corrected chi connectivity index (χ1v) is 11.9. The lowest BCUT2D eigenvalue weighted by Gasteiger charge is -2.22. The van der Waals surface area contributed by atoms with Gasteiger partial charge in [-0.2, -0.15) is 5.10 Å². The number of benzene rings is 1. The number of carbonyl (C=O) groups excluding carboxylic acids is 2. The van der Waals surface area contributed by atoms with E-state index < -0.39 is 18.2 Å². The number of rotatable bonds is 8. The van der Waals surface area contributed by atoms with Crippen LogP contribution in [0.5, 0.6) is 0 Å². The minimum Gasteiger partial charge on any atom is -0.392 e. The molecular weight excluding hydrogens is 444 g/mol. The van der Waals surface area contributed by atoms with Crippen molar-refractivity contribution in [2.24, 2.45) is 5.92 Å². The fourth-order valence-corrected chi connectivity index (χ4v) is 4.28. The molecule has 2 aromatic rings. The number of aliphatic hydroxyl groups is 2. The fraction of sp³-hybridized carbons (Fsp3) is 0.542. The average molecular weight is 477 g/mol. The zero-order chi connectivity index (χ0) is 24.0. The molecule has 4 N–H and O–H groups in total. The first-order chi connectivity index (χ1) is 15.7. The minimum absolute atomic E-state index is 0.0209. The molecule has 1 aliphatic carbocycles. The van der Waals surface area contributed by atoms with E-state index in [0.29, 0.717) is 11.3 Å². The monoisotopic (exact) mass is 476 g/mol. The highest BCUT2D eigenvalue weighted by Gasteiger charge is 2.24. The summed E-state index contributed by atoms with van der Waals surface area (Å²) in [7, 11) is 0. The molecule has 1 aliphatic rings. The van der Waals surface area contributed by atoms with Crippen LogP contribution in [0.25, 0.3) is 11.3 Å². The first kappa shape index (κ1) is 25.2. The number of aliphatic hydroxyl groups excluding tert-OH is 2. The fourth-order valence-electron chi connectivity index (χ4n) is 4.08. The van der Waals surface area contributed by atoms with Gasteiger partial charge in [-0.15, -0.1) is 0 Å². The molecule has 0 aliphatic heterocycles. The predicted octanol–water partition coefficient (Wildman–Crippen LogP) is 3.03. The molecule has 1 aromatic heterocycles. The van der Waals surface area contributed by atoms with Crippen molar-refractivity contribution >= 4 is 23.4 Å². The molecule has 2 atom stereocenters. The van der Waals surface area contributed by atoms with Crippen LogP contribution in [0.4, 0.5) is 0 Å². The van der Waals surface area contributed by atoms with Crippen molar-refractivity contribution in [2.75, 3.05) is 6.54 Å². The Morgan fingerprint density at radius 3 is 2.55 bits per heavy atom. The number of nitrogens with one attached hydrogen (secondary N) is 2. The number of amides is 2. The van der Waals surface area contributed by atoms with Crippen LogP contribution in [0.1, 0.15) is 61.5 Å². The summed E-state index contributed by atoms with van der Waals surface area (Å²) in [5, 5.41) is 30.0. The molecule has 2 amide bonds. The summed E-state index contributed by atoms with van der Waals surface area (Å²) in [5.74, 6) is -0.624. The third-order valence-corrected chi connectivity index (χ3v) is 6.33. The third kappa shape index (κ3) is 7.03. The molecular formula is C24H33ClN4O4. The molecule has 0 saturated heterocycles. The van der Waals surface area contributed by atoms with Gasteiger partial charge in [-0.1, -0.05) is 43.4 Å². The summed E-state index contributed by atoms with van der Waals surface area (Å²) in [6.07, 6.45) is 4.73. The lowest BCUT2D eigenvalue weighted by atomic mass is 9.98. The van der Waals surface area contributed by atoms with Gasteiger partial charge in [0.25, 0.3) is 5.91 Å². The highest BCUT2D eigenvalue weighted by Crippen LogP contribution is 2.27. The Kier molecular flexibility index (Phi) is 8.88. The maximum absolute atomic E-state index is 12.9. The van der Waals surface area contributed by atoms with Gasteiger partial charge in [-0.25, -0.2) is 0 Å². The van der Waals surface area contributed by atoms with Crippen molar-refractivity contribution in [3.63, 3.8) is 0 Å². The molecule has 0 spiro atoms. The number of hydrogen-bond acceptors (Lipinski definition) is 5. The molecule has 180 valence electrons. The molecule has 1 saturated carbocycles. The number of hydrogen-bond donors (Lipinski definition) is 4. The Hall–Kier alpha value is -2.42. The number of carbonyl (C=O) groups is 2. The highest BCUT2D eigenvalue weighted by atomic mass is 35.5.